The lowest BCUT2D eigenvalue weighted by atomic mass is 10.2. The van der Waals surface area contributed by atoms with Crippen molar-refractivity contribution in [3.8, 4) is 0 Å². The first kappa shape index (κ1) is 17.2. The summed E-state index contributed by atoms with van der Waals surface area (Å²) in [6.45, 7) is 1.02. The predicted molar refractivity (Wildman–Crippen MR) is 80.4 cm³/mol. The lowest BCUT2D eigenvalue weighted by molar-refractivity contribution is 0.368. The standard InChI is InChI=1S/C15H18N.BF4/c1-16(2,15-11-7-4-8-12-15)13-14-9-5-3-6-10-14;2-1(3,4)5/h3-12H,13H2,1-2H3;/q+1;-1. The summed E-state index contributed by atoms with van der Waals surface area (Å²) in [6, 6.07) is 21.2. The summed E-state index contributed by atoms with van der Waals surface area (Å²) >= 11 is 0. The molecule has 0 heterocycles. The largest absolute Gasteiger partial charge is 0.673 e. The third kappa shape index (κ3) is 7.51. The van der Waals surface area contributed by atoms with Gasteiger partial charge in [0, 0.05) is 5.56 Å². The molecule has 6 heteroatoms. The highest BCUT2D eigenvalue weighted by Gasteiger charge is 2.20. The molecular weight excluding hydrogens is 281 g/mol. The van der Waals surface area contributed by atoms with Crippen molar-refractivity contribution in [1.82, 2.24) is 4.48 Å². The van der Waals surface area contributed by atoms with E-state index in [1.54, 1.807) is 0 Å². The number of halogens is 4. The van der Waals surface area contributed by atoms with Crippen LogP contribution in [-0.2, 0) is 6.54 Å². The summed E-state index contributed by atoms with van der Waals surface area (Å²) in [7, 11) is -1.52. The van der Waals surface area contributed by atoms with E-state index in [1.807, 2.05) is 0 Å². The molecule has 0 atom stereocenters. The van der Waals surface area contributed by atoms with E-state index in [4.69, 9.17) is 0 Å². The number of benzene rings is 2. The van der Waals surface area contributed by atoms with Gasteiger partial charge in [0.2, 0.25) is 0 Å². The summed E-state index contributed by atoms with van der Waals surface area (Å²) in [6.07, 6.45) is 0. The van der Waals surface area contributed by atoms with Gasteiger partial charge in [0.15, 0.2) is 0 Å². The Morgan fingerprint density at radius 3 is 1.57 bits per heavy atom. The zero-order valence-electron chi connectivity index (χ0n) is 12.0. The molecule has 1 nitrogen and oxygen atoms in total. The van der Waals surface area contributed by atoms with Gasteiger partial charge in [-0.2, -0.15) is 0 Å². The second kappa shape index (κ2) is 7.27. The van der Waals surface area contributed by atoms with Crippen molar-refractivity contribution >= 4 is 12.9 Å². The molecule has 0 aromatic heterocycles. The van der Waals surface area contributed by atoms with Gasteiger partial charge in [-0.25, -0.2) is 0 Å². The number of quaternary nitrogens is 1. The Kier molecular flexibility index (Phi) is 5.96. The van der Waals surface area contributed by atoms with Crippen LogP contribution in [0.3, 0.4) is 0 Å². The molecule has 0 aliphatic carbocycles. The van der Waals surface area contributed by atoms with Crippen LogP contribution < -0.4 is 4.48 Å². The first-order valence-corrected chi connectivity index (χ1v) is 6.48. The Bertz CT molecular complexity index is 520. The second-order valence-electron chi connectivity index (χ2n) is 5.16. The second-order valence-corrected chi connectivity index (χ2v) is 5.16. The van der Waals surface area contributed by atoms with Gasteiger partial charge in [0.05, 0.1) is 14.1 Å². The molecule has 0 unspecified atom stereocenters. The van der Waals surface area contributed by atoms with Gasteiger partial charge >= 0.3 is 7.25 Å². The summed E-state index contributed by atoms with van der Waals surface area (Å²) in [5, 5.41) is 0. The molecule has 114 valence electrons. The van der Waals surface area contributed by atoms with Gasteiger partial charge in [-0.1, -0.05) is 48.5 Å². The smallest absolute Gasteiger partial charge is 0.418 e. The van der Waals surface area contributed by atoms with E-state index >= 15 is 0 Å². The van der Waals surface area contributed by atoms with E-state index in [0.717, 1.165) is 11.0 Å². The topological polar surface area (TPSA) is 0 Å². The zero-order chi connectivity index (χ0) is 15.9. The van der Waals surface area contributed by atoms with Crippen molar-refractivity contribution in [2.24, 2.45) is 0 Å². The maximum Gasteiger partial charge on any atom is 0.673 e. The fraction of sp³-hybridized carbons (Fsp3) is 0.200. The molecule has 2 aromatic carbocycles. The van der Waals surface area contributed by atoms with E-state index in [0.29, 0.717) is 0 Å². The molecule has 0 saturated carbocycles. The van der Waals surface area contributed by atoms with E-state index in [9.17, 15) is 17.3 Å². The lowest BCUT2D eigenvalue weighted by Gasteiger charge is -2.29. The molecular formula is C15H18BF4N. The number of para-hydroxylation sites is 1. The van der Waals surface area contributed by atoms with E-state index in [-0.39, 0.29) is 0 Å². The lowest BCUT2D eigenvalue weighted by Crippen LogP contribution is -2.39. The van der Waals surface area contributed by atoms with Crippen LogP contribution in [-0.4, -0.2) is 21.3 Å². The predicted octanol–water partition coefficient (Wildman–Crippen LogP) is 4.75. The molecule has 0 spiro atoms. The van der Waals surface area contributed by atoms with E-state index < -0.39 is 7.25 Å². The van der Waals surface area contributed by atoms with Gasteiger partial charge in [-0.3, -0.25) is 4.48 Å². The van der Waals surface area contributed by atoms with Crippen LogP contribution in [0.1, 0.15) is 5.56 Å². The summed E-state index contributed by atoms with van der Waals surface area (Å²) in [4.78, 5) is 0. The Hall–Kier alpha value is -1.82. The number of hydrogen-bond donors (Lipinski definition) is 0. The highest BCUT2D eigenvalue weighted by molar-refractivity contribution is 6.50. The third-order valence-corrected chi connectivity index (χ3v) is 2.88. The normalized spacial score (nSPS) is 11.5. The Labute approximate surface area is 122 Å². The minimum Gasteiger partial charge on any atom is -0.418 e. The van der Waals surface area contributed by atoms with Gasteiger partial charge in [0.1, 0.15) is 12.2 Å². The van der Waals surface area contributed by atoms with Crippen molar-refractivity contribution in [2.75, 3.05) is 14.1 Å². The summed E-state index contributed by atoms with van der Waals surface area (Å²) in [5.74, 6) is 0. The van der Waals surface area contributed by atoms with Crippen molar-refractivity contribution in [3.63, 3.8) is 0 Å². The SMILES string of the molecule is C[N+](C)(Cc1ccccc1)c1ccccc1.F[B-](F)(F)F. The molecule has 0 saturated heterocycles. The van der Waals surface area contributed by atoms with Crippen molar-refractivity contribution < 1.29 is 17.3 Å². The van der Waals surface area contributed by atoms with Gasteiger partial charge in [-0.15, -0.1) is 0 Å². The van der Waals surface area contributed by atoms with Crippen molar-refractivity contribution in [3.05, 3.63) is 66.2 Å². The van der Waals surface area contributed by atoms with Gasteiger partial charge in [-0.05, 0) is 12.1 Å². The van der Waals surface area contributed by atoms with Crippen LogP contribution >= 0.6 is 0 Å². The summed E-state index contributed by atoms with van der Waals surface area (Å²) < 4.78 is 39.9. The number of rotatable bonds is 3. The first-order chi connectivity index (χ1) is 9.68. The molecule has 21 heavy (non-hydrogen) atoms. The molecule has 0 bridgehead atoms. The monoisotopic (exact) mass is 299 g/mol. The molecule has 0 N–H and O–H groups in total. The third-order valence-electron chi connectivity index (χ3n) is 2.88. The van der Waals surface area contributed by atoms with E-state index in [1.165, 1.54) is 11.3 Å². The first-order valence-electron chi connectivity index (χ1n) is 6.48. The Morgan fingerprint density at radius 1 is 0.762 bits per heavy atom. The Balaban J connectivity index is 0.000000383. The maximum absolute atomic E-state index is 9.75. The van der Waals surface area contributed by atoms with Crippen LogP contribution in [0.4, 0.5) is 23.0 Å². The minimum absolute atomic E-state index is 0.880. The van der Waals surface area contributed by atoms with E-state index in [2.05, 4.69) is 74.8 Å². The highest BCUT2D eigenvalue weighted by atomic mass is 19.5. The molecule has 2 rings (SSSR count). The Morgan fingerprint density at radius 2 is 1.14 bits per heavy atom. The molecule has 0 fully saturated rings. The molecule has 0 aliphatic heterocycles. The van der Waals surface area contributed by atoms with Gasteiger partial charge < -0.3 is 17.3 Å². The molecule has 0 amide bonds. The molecule has 0 radical (unpaired) electrons. The highest BCUT2D eigenvalue weighted by Crippen LogP contribution is 2.21. The fourth-order valence-corrected chi connectivity index (χ4v) is 1.96. The molecule has 2 aromatic rings. The average Bonchev–Trinajstić information content (AvgIpc) is 2.38. The fourth-order valence-electron chi connectivity index (χ4n) is 1.96. The quantitative estimate of drug-likeness (QED) is 0.436. The average molecular weight is 299 g/mol. The minimum atomic E-state index is -6.00. The maximum atomic E-state index is 9.75. The van der Waals surface area contributed by atoms with Crippen molar-refractivity contribution in [1.29, 1.82) is 0 Å². The summed E-state index contributed by atoms with van der Waals surface area (Å²) in [5.41, 5.74) is 2.71. The van der Waals surface area contributed by atoms with Crippen LogP contribution in [0, 0.1) is 0 Å². The zero-order valence-corrected chi connectivity index (χ0v) is 12.0. The van der Waals surface area contributed by atoms with Crippen molar-refractivity contribution in [2.45, 2.75) is 6.54 Å². The number of nitrogens with zero attached hydrogens (tertiary/aromatic N) is 1. The van der Waals surface area contributed by atoms with Crippen LogP contribution in [0.5, 0.6) is 0 Å². The van der Waals surface area contributed by atoms with Crippen LogP contribution in [0.15, 0.2) is 60.7 Å². The van der Waals surface area contributed by atoms with Crippen LogP contribution in [0.25, 0.3) is 0 Å². The number of hydrogen-bond acceptors (Lipinski definition) is 0. The van der Waals surface area contributed by atoms with Gasteiger partial charge in [0.25, 0.3) is 0 Å². The molecule has 0 aliphatic rings. The van der Waals surface area contributed by atoms with Crippen LogP contribution in [0.2, 0.25) is 0 Å².